The van der Waals surface area contributed by atoms with Gasteiger partial charge >= 0.3 is 10.2 Å². The predicted molar refractivity (Wildman–Crippen MR) is 76.9 cm³/mol. The lowest BCUT2D eigenvalue weighted by Crippen LogP contribution is -2.50. The second kappa shape index (κ2) is 5.83. The third kappa shape index (κ3) is 3.39. The van der Waals surface area contributed by atoms with E-state index in [9.17, 15) is 13.2 Å². The van der Waals surface area contributed by atoms with Gasteiger partial charge in [-0.3, -0.25) is 4.79 Å². The molecule has 7 heteroatoms. The van der Waals surface area contributed by atoms with Crippen LogP contribution in [-0.2, 0) is 15.0 Å². The Hall–Kier alpha value is -0.920. The highest BCUT2D eigenvalue weighted by Crippen LogP contribution is 2.42. The Kier molecular flexibility index (Phi) is 4.51. The molecule has 2 atom stereocenters. The third-order valence-electron chi connectivity index (χ3n) is 4.08. The van der Waals surface area contributed by atoms with Gasteiger partial charge in [0, 0.05) is 19.5 Å². The van der Waals surface area contributed by atoms with Gasteiger partial charge in [0.25, 0.3) is 5.91 Å². The monoisotopic (exact) mass is 301 g/mol. The minimum atomic E-state index is -3.77. The first-order chi connectivity index (χ1) is 9.36. The fraction of sp³-hybridized carbons (Fsp3) is 0.769. The van der Waals surface area contributed by atoms with Crippen LogP contribution in [0.1, 0.15) is 38.5 Å². The van der Waals surface area contributed by atoms with E-state index in [-0.39, 0.29) is 5.92 Å². The number of fused-ring (bicyclic) bond motifs is 1. The number of hydrogen-bond donors (Lipinski definition) is 2. The van der Waals surface area contributed by atoms with Crippen molar-refractivity contribution in [2.45, 2.75) is 44.1 Å². The lowest BCUT2D eigenvalue weighted by atomic mass is 10.1. The zero-order valence-electron chi connectivity index (χ0n) is 11.8. The van der Waals surface area contributed by atoms with Crippen molar-refractivity contribution in [3.05, 3.63) is 12.2 Å². The molecule has 0 radical (unpaired) electrons. The summed E-state index contributed by atoms with van der Waals surface area (Å²) < 4.78 is 27.3. The molecule has 0 saturated heterocycles. The molecule has 0 spiro atoms. The molecule has 1 saturated carbocycles. The minimum Gasteiger partial charge on any atom is -0.317 e. The molecule has 0 unspecified atom stereocenters. The lowest BCUT2D eigenvalue weighted by Gasteiger charge is -2.19. The normalized spacial score (nSPS) is 35.7. The summed E-state index contributed by atoms with van der Waals surface area (Å²) in [5, 5.41) is 0. The molecule has 1 fully saturated rings. The number of hydrogen-bond acceptors (Lipinski definition) is 4. The van der Waals surface area contributed by atoms with Gasteiger partial charge in [-0.15, -0.1) is 0 Å². The van der Waals surface area contributed by atoms with Gasteiger partial charge in [-0.2, -0.15) is 12.7 Å². The highest BCUT2D eigenvalue weighted by molar-refractivity contribution is 7.87. The van der Waals surface area contributed by atoms with E-state index in [4.69, 9.17) is 5.73 Å². The highest BCUT2D eigenvalue weighted by Gasteiger charge is 2.56. The number of carbonyl (C=O) groups excluding carboxylic acids is 1. The van der Waals surface area contributed by atoms with Crippen LogP contribution in [0.5, 0.6) is 0 Å². The summed E-state index contributed by atoms with van der Waals surface area (Å²) in [4.78, 5) is 12.0. The first-order valence-electron chi connectivity index (χ1n) is 7.10. The number of nitrogens with one attached hydrogen (secondary N) is 1. The quantitative estimate of drug-likeness (QED) is 0.638. The summed E-state index contributed by atoms with van der Waals surface area (Å²) in [6.45, 7) is 0.416. The summed E-state index contributed by atoms with van der Waals surface area (Å²) >= 11 is 0. The fourth-order valence-electron chi connectivity index (χ4n) is 2.43. The Balaban J connectivity index is 2.11. The Bertz CT molecular complexity index is 503. The number of nitrogens with zero attached hydrogens (tertiary/aromatic N) is 1. The number of nitrogens with two attached hydrogens (primary N) is 1. The maximum Gasteiger partial charge on any atom is 0.303 e. The van der Waals surface area contributed by atoms with Crippen LogP contribution < -0.4 is 10.5 Å². The Morgan fingerprint density at radius 3 is 2.80 bits per heavy atom. The standard InChI is InChI=1S/C13H23N3O3S/c1-16-9-7-5-3-2-4-6-8-11-10-13(11,14)12(17)15-20(16,18)19/h6,8,11H,2-5,7,9-10,14H2,1H3,(H,15,17)/t11-,13-/m1/s1. The van der Waals surface area contributed by atoms with Gasteiger partial charge in [-0.05, 0) is 25.7 Å². The fourth-order valence-corrected chi connectivity index (χ4v) is 3.38. The Labute approximate surface area is 120 Å². The van der Waals surface area contributed by atoms with Crippen molar-refractivity contribution in [1.29, 1.82) is 0 Å². The minimum absolute atomic E-state index is 0.0500. The molecule has 1 amide bonds. The van der Waals surface area contributed by atoms with E-state index in [0.29, 0.717) is 13.0 Å². The second-order valence-corrected chi connectivity index (χ2v) is 7.52. The molecular formula is C13H23N3O3S. The van der Waals surface area contributed by atoms with Gasteiger partial charge in [-0.1, -0.05) is 25.0 Å². The van der Waals surface area contributed by atoms with Crippen LogP contribution >= 0.6 is 0 Å². The predicted octanol–water partition coefficient (Wildman–Crippen LogP) is 0.517. The van der Waals surface area contributed by atoms with Crippen molar-refractivity contribution in [2.75, 3.05) is 13.6 Å². The van der Waals surface area contributed by atoms with Crippen LogP contribution in [0, 0.1) is 5.92 Å². The summed E-state index contributed by atoms with van der Waals surface area (Å²) in [6, 6.07) is 0. The number of carbonyl (C=O) groups is 1. The van der Waals surface area contributed by atoms with Gasteiger partial charge in [0.05, 0.1) is 0 Å². The summed E-state index contributed by atoms with van der Waals surface area (Å²) in [5.41, 5.74) is 4.90. The molecule has 20 heavy (non-hydrogen) atoms. The van der Waals surface area contributed by atoms with Crippen LogP contribution in [0.4, 0.5) is 0 Å². The van der Waals surface area contributed by atoms with E-state index >= 15 is 0 Å². The van der Waals surface area contributed by atoms with Gasteiger partial charge in [0.1, 0.15) is 5.54 Å². The molecule has 0 aromatic carbocycles. The molecule has 1 aliphatic heterocycles. The van der Waals surface area contributed by atoms with Gasteiger partial charge in [0.15, 0.2) is 0 Å². The molecule has 1 heterocycles. The van der Waals surface area contributed by atoms with Crippen LogP contribution in [-0.4, -0.2) is 37.8 Å². The molecule has 3 N–H and O–H groups in total. The van der Waals surface area contributed by atoms with Crippen LogP contribution in [0.15, 0.2) is 12.2 Å². The van der Waals surface area contributed by atoms with Crippen molar-refractivity contribution in [3.8, 4) is 0 Å². The molecule has 0 bridgehead atoms. The molecule has 0 aromatic heterocycles. The van der Waals surface area contributed by atoms with E-state index in [0.717, 1.165) is 32.1 Å². The van der Waals surface area contributed by atoms with Gasteiger partial charge in [0.2, 0.25) is 0 Å². The van der Waals surface area contributed by atoms with Crippen LogP contribution in [0.2, 0.25) is 0 Å². The summed E-state index contributed by atoms with van der Waals surface area (Å²) in [5.74, 6) is -0.651. The third-order valence-corrected chi connectivity index (χ3v) is 5.52. The van der Waals surface area contributed by atoms with E-state index in [1.54, 1.807) is 0 Å². The first kappa shape index (κ1) is 15.5. The van der Waals surface area contributed by atoms with Crippen molar-refractivity contribution >= 4 is 16.1 Å². The zero-order chi connectivity index (χ0) is 14.8. The van der Waals surface area contributed by atoms with E-state index < -0.39 is 21.7 Å². The molecule has 6 nitrogen and oxygen atoms in total. The molecule has 2 aliphatic rings. The van der Waals surface area contributed by atoms with Crippen molar-refractivity contribution in [3.63, 3.8) is 0 Å². The molecular weight excluding hydrogens is 278 g/mol. The van der Waals surface area contributed by atoms with Crippen molar-refractivity contribution in [1.82, 2.24) is 9.03 Å². The first-order valence-corrected chi connectivity index (χ1v) is 8.54. The Morgan fingerprint density at radius 2 is 2.05 bits per heavy atom. The maximum atomic E-state index is 12.0. The summed E-state index contributed by atoms with van der Waals surface area (Å²) in [6.07, 6.45) is 9.46. The maximum absolute atomic E-state index is 12.0. The van der Waals surface area contributed by atoms with Crippen molar-refractivity contribution < 1.29 is 13.2 Å². The average molecular weight is 301 g/mol. The van der Waals surface area contributed by atoms with Crippen LogP contribution in [0.25, 0.3) is 0 Å². The topological polar surface area (TPSA) is 92.5 Å². The second-order valence-electron chi connectivity index (χ2n) is 5.74. The van der Waals surface area contributed by atoms with Gasteiger partial charge in [-0.25, -0.2) is 4.72 Å². The number of amides is 1. The highest BCUT2D eigenvalue weighted by atomic mass is 32.2. The molecule has 114 valence electrons. The smallest absolute Gasteiger partial charge is 0.303 e. The SMILES string of the molecule is CN1CCCCCCC=C[C@@H]2C[C@]2(N)C(=O)NS1(=O)=O. The van der Waals surface area contributed by atoms with Gasteiger partial charge < -0.3 is 5.73 Å². The lowest BCUT2D eigenvalue weighted by molar-refractivity contribution is -0.121. The van der Waals surface area contributed by atoms with Crippen molar-refractivity contribution in [2.24, 2.45) is 11.7 Å². The largest absolute Gasteiger partial charge is 0.317 e. The number of allylic oxidation sites excluding steroid dienone is 1. The van der Waals surface area contributed by atoms with Crippen LogP contribution in [0.3, 0.4) is 0 Å². The summed E-state index contributed by atoms with van der Waals surface area (Å²) in [7, 11) is -2.29. The zero-order valence-corrected chi connectivity index (χ0v) is 12.7. The van der Waals surface area contributed by atoms with E-state index in [2.05, 4.69) is 10.8 Å². The van der Waals surface area contributed by atoms with E-state index in [1.165, 1.54) is 11.4 Å². The Morgan fingerprint density at radius 1 is 1.35 bits per heavy atom. The average Bonchev–Trinajstić information content (AvgIpc) is 3.03. The van der Waals surface area contributed by atoms with E-state index in [1.807, 2.05) is 6.08 Å². The molecule has 0 aromatic rings. The number of rotatable bonds is 0. The molecule has 2 rings (SSSR count). The molecule has 1 aliphatic carbocycles.